The second-order valence-electron chi connectivity index (χ2n) is 13.1. The fraction of sp³-hybridized carbons (Fsp3) is 0.459. The van der Waals surface area contributed by atoms with Crippen LogP contribution in [0.25, 0.3) is 0 Å². The summed E-state index contributed by atoms with van der Waals surface area (Å²) in [5, 5.41) is 16.9. The van der Waals surface area contributed by atoms with Gasteiger partial charge in [0.1, 0.15) is 5.75 Å². The molecule has 0 radical (unpaired) electrons. The monoisotopic (exact) mass is 728 g/mol. The molecule has 13 heteroatoms. The van der Waals surface area contributed by atoms with E-state index in [1.165, 1.54) is 0 Å². The molecule has 270 valence electrons. The van der Waals surface area contributed by atoms with Gasteiger partial charge in [-0.05, 0) is 88.2 Å². The Morgan fingerprint density at radius 3 is 2.44 bits per heavy atom. The minimum atomic E-state index is -0.497. The van der Waals surface area contributed by atoms with Crippen molar-refractivity contribution < 1.29 is 33.6 Å². The van der Waals surface area contributed by atoms with Crippen LogP contribution in [0.15, 0.2) is 54.6 Å². The molecule has 5 rings (SSSR count). The zero-order chi connectivity index (χ0) is 35.8. The lowest BCUT2D eigenvalue weighted by Crippen LogP contribution is -2.47. The number of halogens is 2. The number of hydrogen-bond donors (Lipinski definition) is 3. The van der Waals surface area contributed by atoms with Crippen LogP contribution in [-0.2, 0) is 11.3 Å². The van der Waals surface area contributed by atoms with Gasteiger partial charge >= 0.3 is 6.03 Å². The number of carbonyl (C=O) groups excluding carboxylic acids is 2. The van der Waals surface area contributed by atoms with E-state index in [-0.39, 0.29) is 43.0 Å². The number of amides is 3. The summed E-state index contributed by atoms with van der Waals surface area (Å²) in [6, 6.07) is 14.8. The van der Waals surface area contributed by atoms with E-state index in [1.54, 1.807) is 47.4 Å². The van der Waals surface area contributed by atoms with Crippen LogP contribution in [-0.4, -0.2) is 85.2 Å². The first-order valence-electron chi connectivity index (χ1n) is 16.9. The number of nitrogens with one attached hydrogen (secondary N) is 2. The number of urea groups is 1. The van der Waals surface area contributed by atoms with Crippen LogP contribution in [0.2, 0.25) is 10.0 Å². The van der Waals surface area contributed by atoms with Crippen molar-refractivity contribution in [3.63, 3.8) is 0 Å². The van der Waals surface area contributed by atoms with Crippen molar-refractivity contribution >= 4 is 46.5 Å². The molecule has 0 bridgehead atoms. The zero-order valence-electron chi connectivity index (χ0n) is 28.9. The number of carbonyl (C=O) groups is 2. The van der Waals surface area contributed by atoms with Gasteiger partial charge in [0.15, 0.2) is 11.5 Å². The number of likely N-dealkylation sites (N-methyl/N-ethyl adjacent to an activating group) is 1. The summed E-state index contributed by atoms with van der Waals surface area (Å²) in [7, 11) is 2.02. The molecule has 0 aromatic heterocycles. The van der Waals surface area contributed by atoms with Gasteiger partial charge in [0.25, 0.3) is 5.91 Å². The minimum Gasteiger partial charge on any atom is -0.490 e. The number of aliphatic hydroxyl groups excluding tert-OH is 1. The number of nitrogens with zero attached hydrogens (tertiary/aromatic N) is 2. The minimum absolute atomic E-state index is 0.0933. The van der Waals surface area contributed by atoms with Gasteiger partial charge in [0.2, 0.25) is 6.79 Å². The van der Waals surface area contributed by atoms with Crippen molar-refractivity contribution in [2.24, 2.45) is 5.92 Å². The van der Waals surface area contributed by atoms with E-state index in [0.29, 0.717) is 64.9 Å². The molecule has 11 nitrogen and oxygen atoms in total. The normalized spacial score (nSPS) is 20.4. The van der Waals surface area contributed by atoms with Crippen LogP contribution in [0.1, 0.15) is 56.0 Å². The highest BCUT2D eigenvalue weighted by Gasteiger charge is 2.30. The number of rotatable bonds is 8. The Morgan fingerprint density at radius 1 is 0.980 bits per heavy atom. The average Bonchev–Trinajstić information content (AvgIpc) is 3.55. The van der Waals surface area contributed by atoms with Crippen molar-refractivity contribution in [3.8, 4) is 17.2 Å². The van der Waals surface area contributed by atoms with Crippen LogP contribution >= 0.6 is 23.2 Å². The number of benzene rings is 3. The quantitative estimate of drug-likeness (QED) is 0.221. The molecule has 50 heavy (non-hydrogen) atoms. The molecule has 2 heterocycles. The van der Waals surface area contributed by atoms with E-state index >= 15 is 0 Å². The van der Waals surface area contributed by atoms with Gasteiger partial charge in [-0.25, -0.2) is 4.79 Å². The summed E-state index contributed by atoms with van der Waals surface area (Å²) in [5.41, 5.74) is 2.24. The second kappa shape index (κ2) is 17.5. The molecule has 3 N–H and O–H groups in total. The fourth-order valence-corrected chi connectivity index (χ4v) is 6.37. The molecule has 3 aromatic carbocycles. The molecule has 2 aliphatic rings. The Labute approximate surface area is 303 Å². The molecule has 3 amide bonds. The van der Waals surface area contributed by atoms with E-state index < -0.39 is 12.1 Å². The molecule has 4 atom stereocenters. The SMILES string of the molecule is C[C@H](CO)N1C[C@H](C)[C@@H](CN(C)Cc2ccc(Cl)c(Cl)c2)OCCCC[C@H](C)Oc2ccc(NC(=O)Nc3ccc4c(c3)OCO4)cc2C1=O. The summed E-state index contributed by atoms with van der Waals surface area (Å²) in [5.74, 6) is 1.16. The maximum absolute atomic E-state index is 14.4. The second-order valence-corrected chi connectivity index (χ2v) is 13.9. The Hall–Kier alpha value is -3.74. The number of anilines is 2. The third-order valence-electron chi connectivity index (χ3n) is 8.87. The largest absolute Gasteiger partial charge is 0.490 e. The molecule has 0 fully saturated rings. The Balaban J connectivity index is 1.36. The summed E-state index contributed by atoms with van der Waals surface area (Å²) in [6.45, 7) is 7.89. The van der Waals surface area contributed by atoms with Gasteiger partial charge in [-0.3, -0.25) is 9.69 Å². The van der Waals surface area contributed by atoms with Crippen LogP contribution in [0.3, 0.4) is 0 Å². The summed E-state index contributed by atoms with van der Waals surface area (Å²) >= 11 is 12.4. The number of aliphatic hydroxyl groups is 1. The van der Waals surface area contributed by atoms with Gasteiger partial charge in [0, 0.05) is 49.6 Å². The lowest BCUT2D eigenvalue weighted by molar-refractivity contribution is -0.0177. The number of ether oxygens (including phenoxy) is 4. The third-order valence-corrected chi connectivity index (χ3v) is 9.61. The number of hydrogen-bond acceptors (Lipinski definition) is 8. The smallest absolute Gasteiger partial charge is 0.323 e. The van der Waals surface area contributed by atoms with Crippen molar-refractivity contribution in [3.05, 3.63) is 75.8 Å². The Kier molecular flexibility index (Phi) is 13.1. The van der Waals surface area contributed by atoms with Gasteiger partial charge in [-0.1, -0.05) is 36.2 Å². The maximum Gasteiger partial charge on any atom is 0.323 e. The Bertz CT molecular complexity index is 1640. The molecule has 2 aliphatic heterocycles. The summed E-state index contributed by atoms with van der Waals surface area (Å²) < 4.78 is 23.6. The molecule has 0 saturated heterocycles. The Morgan fingerprint density at radius 2 is 1.70 bits per heavy atom. The molecule has 0 unspecified atom stereocenters. The molecule has 0 spiro atoms. The van der Waals surface area contributed by atoms with Gasteiger partial charge in [0.05, 0.1) is 40.5 Å². The topological polar surface area (TPSA) is 122 Å². The van der Waals surface area contributed by atoms with Crippen molar-refractivity contribution in [2.75, 3.05) is 50.8 Å². The van der Waals surface area contributed by atoms with E-state index in [4.69, 9.17) is 42.1 Å². The lowest BCUT2D eigenvalue weighted by Gasteiger charge is -2.36. The summed E-state index contributed by atoms with van der Waals surface area (Å²) in [4.78, 5) is 31.3. The first kappa shape index (κ1) is 37.5. The number of fused-ring (bicyclic) bond motifs is 2. The molecule has 0 aliphatic carbocycles. The molecule has 3 aromatic rings. The molecule has 0 saturated carbocycles. The van der Waals surface area contributed by atoms with E-state index in [9.17, 15) is 14.7 Å². The van der Waals surface area contributed by atoms with Gasteiger partial charge < -0.3 is 39.6 Å². The van der Waals surface area contributed by atoms with Crippen LogP contribution in [0.5, 0.6) is 17.2 Å². The highest BCUT2D eigenvalue weighted by molar-refractivity contribution is 6.42. The first-order chi connectivity index (χ1) is 24.0. The van der Waals surface area contributed by atoms with Crippen molar-refractivity contribution in [1.82, 2.24) is 9.80 Å². The van der Waals surface area contributed by atoms with Crippen LogP contribution < -0.4 is 24.8 Å². The third kappa shape index (κ3) is 9.95. The first-order valence-corrected chi connectivity index (χ1v) is 17.7. The predicted molar refractivity (Wildman–Crippen MR) is 195 cm³/mol. The molecular weight excluding hydrogens is 683 g/mol. The van der Waals surface area contributed by atoms with E-state index in [1.807, 2.05) is 33.0 Å². The van der Waals surface area contributed by atoms with Crippen molar-refractivity contribution in [2.45, 2.75) is 64.8 Å². The average molecular weight is 730 g/mol. The molecular formula is C37H46Cl2N4O7. The van der Waals surface area contributed by atoms with Crippen molar-refractivity contribution in [1.29, 1.82) is 0 Å². The highest BCUT2D eigenvalue weighted by Crippen LogP contribution is 2.34. The fourth-order valence-electron chi connectivity index (χ4n) is 6.05. The maximum atomic E-state index is 14.4. The van der Waals surface area contributed by atoms with E-state index in [2.05, 4.69) is 22.5 Å². The zero-order valence-corrected chi connectivity index (χ0v) is 30.4. The highest BCUT2D eigenvalue weighted by atomic mass is 35.5. The summed E-state index contributed by atoms with van der Waals surface area (Å²) in [6.07, 6.45) is 2.14. The predicted octanol–water partition coefficient (Wildman–Crippen LogP) is 7.29. The van der Waals surface area contributed by atoms with Crippen LogP contribution in [0, 0.1) is 5.92 Å². The van der Waals surface area contributed by atoms with Gasteiger partial charge in [-0.2, -0.15) is 0 Å². The van der Waals surface area contributed by atoms with E-state index in [0.717, 1.165) is 24.8 Å². The lowest BCUT2D eigenvalue weighted by atomic mass is 10.0. The van der Waals surface area contributed by atoms with Crippen LogP contribution in [0.4, 0.5) is 16.2 Å². The standard InChI is InChI=1S/C37H46Cl2N4O7/c1-23-18-43(24(2)21-44)36(45)29-16-27(40-37(46)41-28-10-13-33-34(17-28)49-22-48-33)9-12-32(29)50-25(3)7-5-6-14-47-35(23)20-42(4)19-26-8-11-30(38)31(39)15-26/h8-13,15-17,23-25,35,44H,5-7,14,18-22H2,1-4H3,(H2,40,41,46)/t23-,24+,25-,35+/m0/s1. The van der Waals surface area contributed by atoms with Gasteiger partial charge in [-0.15, -0.1) is 0 Å².